The minimum absolute atomic E-state index is 0.817. The number of carboxylic acids is 1. The largest absolute Gasteiger partial charge is 0.478 e. The second kappa shape index (κ2) is 7.41. The number of aryl methyl sites for hydroxylation is 1. The van der Waals surface area contributed by atoms with Crippen LogP contribution in [0.4, 0.5) is 5.69 Å². The van der Waals surface area contributed by atoms with E-state index in [9.17, 15) is 4.79 Å². The van der Waals surface area contributed by atoms with Gasteiger partial charge in [0.15, 0.2) is 0 Å². The van der Waals surface area contributed by atoms with E-state index >= 15 is 0 Å². The quantitative estimate of drug-likeness (QED) is 0.602. The lowest BCUT2D eigenvalue weighted by atomic mass is 10.1. The van der Waals surface area contributed by atoms with Crippen LogP contribution >= 0.6 is 0 Å². The molecule has 1 N–H and O–H groups in total. The summed E-state index contributed by atoms with van der Waals surface area (Å²) in [5.41, 5.74) is 3.15. The molecule has 0 aliphatic carbocycles. The maximum Gasteiger partial charge on any atom is 0.328 e. The van der Waals surface area contributed by atoms with Crippen LogP contribution < -0.4 is 4.90 Å². The average Bonchev–Trinajstić information content (AvgIpc) is 2.37. The van der Waals surface area contributed by atoms with E-state index in [0.29, 0.717) is 0 Å². The van der Waals surface area contributed by atoms with Crippen LogP contribution in [-0.2, 0) is 4.79 Å². The molecule has 1 aromatic rings. The van der Waals surface area contributed by atoms with Crippen molar-refractivity contribution >= 4 is 17.7 Å². The van der Waals surface area contributed by atoms with E-state index in [1.807, 2.05) is 25.1 Å². The molecule has 0 unspecified atom stereocenters. The van der Waals surface area contributed by atoms with Gasteiger partial charge < -0.3 is 10.0 Å². The van der Waals surface area contributed by atoms with Crippen LogP contribution in [0.2, 0.25) is 0 Å². The average molecular weight is 259 g/mol. The number of rotatable bonds is 7. The number of nitrogens with zero attached hydrogens (tertiary/aromatic N) is 1. The fourth-order valence-corrected chi connectivity index (χ4v) is 1.96. The molecule has 0 aliphatic heterocycles. The van der Waals surface area contributed by atoms with Crippen molar-refractivity contribution in [1.29, 1.82) is 0 Å². The van der Waals surface area contributed by atoms with Gasteiger partial charge in [-0.1, -0.05) is 19.1 Å². The van der Waals surface area contributed by atoms with E-state index in [0.717, 1.165) is 42.4 Å². The van der Waals surface area contributed by atoms with Crippen LogP contribution in [-0.4, -0.2) is 24.2 Å². The van der Waals surface area contributed by atoms with E-state index in [-0.39, 0.29) is 0 Å². The van der Waals surface area contributed by atoms with Gasteiger partial charge in [0.25, 0.3) is 0 Å². The number of aliphatic carboxylic acids is 1. The van der Waals surface area contributed by atoms with Crippen LogP contribution in [0.15, 0.2) is 36.9 Å². The topological polar surface area (TPSA) is 40.5 Å². The predicted molar refractivity (Wildman–Crippen MR) is 80.5 cm³/mol. The van der Waals surface area contributed by atoms with E-state index in [1.54, 1.807) is 6.08 Å². The molecule has 0 aliphatic rings. The first-order valence-corrected chi connectivity index (χ1v) is 6.46. The second-order valence-electron chi connectivity index (χ2n) is 4.45. The molecule has 0 aromatic heterocycles. The molecule has 0 spiro atoms. The van der Waals surface area contributed by atoms with Crippen LogP contribution in [0.5, 0.6) is 0 Å². The number of hydrogen-bond acceptors (Lipinski definition) is 2. The summed E-state index contributed by atoms with van der Waals surface area (Å²) < 4.78 is 0. The summed E-state index contributed by atoms with van der Waals surface area (Å²) in [6.07, 6.45) is 5.76. The molecule has 0 amide bonds. The lowest BCUT2D eigenvalue weighted by Gasteiger charge is -2.23. The fourth-order valence-electron chi connectivity index (χ4n) is 1.96. The van der Waals surface area contributed by atoms with Crippen molar-refractivity contribution in [3.05, 3.63) is 48.1 Å². The van der Waals surface area contributed by atoms with Gasteiger partial charge in [-0.15, -0.1) is 6.58 Å². The Kier molecular flexibility index (Phi) is 5.86. The normalized spacial score (nSPS) is 10.6. The molecule has 0 heterocycles. The lowest BCUT2D eigenvalue weighted by Crippen LogP contribution is -2.23. The van der Waals surface area contributed by atoms with Gasteiger partial charge >= 0.3 is 5.97 Å². The first-order valence-electron chi connectivity index (χ1n) is 6.46. The third-order valence-electron chi connectivity index (χ3n) is 2.87. The molecule has 0 bridgehead atoms. The molecule has 0 fully saturated rings. The minimum atomic E-state index is -0.928. The monoisotopic (exact) mass is 259 g/mol. The summed E-state index contributed by atoms with van der Waals surface area (Å²) in [6.45, 7) is 9.71. The highest BCUT2D eigenvalue weighted by molar-refractivity contribution is 5.85. The zero-order valence-electron chi connectivity index (χ0n) is 11.6. The predicted octanol–water partition coefficient (Wildman–Crippen LogP) is 3.50. The van der Waals surface area contributed by atoms with Gasteiger partial charge in [-0.25, -0.2) is 4.79 Å². The van der Waals surface area contributed by atoms with E-state index in [2.05, 4.69) is 24.5 Å². The van der Waals surface area contributed by atoms with Gasteiger partial charge in [-0.3, -0.25) is 0 Å². The van der Waals surface area contributed by atoms with E-state index in [1.165, 1.54) is 0 Å². The van der Waals surface area contributed by atoms with Gasteiger partial charge in [0.05, 0.1) is 0 Å². The van der Waals surface area contributed by atoms with Gasteiger partial charge in [0, 0.05) is 24.9 Å². The van der Waals surface area contributed by atoms with E-state index in [4.69, 9.17) is 5.11 Å². The Hall–Kier alpha value is -2.03. The molecule has 1 rings (SSSR count). The molecule has 19 heavy (non-hydrogen) atoms. The highest BCUT2D eigenvalue weighted by atomic mass is 16.4. The van der Waals surface area contributed by atoms with Crippen molar-refractivity contribution in [3.8, 4) is 0 Å². The molecule has 0 atom stereocenters. The van der Waals surface area contributed by atoms with E-state index < -0.39 is 5.97 Å². The molecule has 0 saturated heterocycles. The SMILES string of the molecule is C=CCN(CCC)c1ccc(/C=C/C(=O)O)c(C)c1. The number of anilines is 1. The van der Waals surface area contributed by atoms with Crippen molar-refractivity contribution in [2.75, 3.05) is 18.0 Å². The third kappa shape index (κ3) is 4.62. The van der Waals surface area contributed by atoms with Crippen molar-refractivity contribution in [2.45, 2.75) is 20.3 Å². The molecule has 3 heteroatoms. The Labute approximate surface area is 114 Å². The van der Waals surface area contributed by atoms with Gasteiger partial charge in [-0.05, 0) is 42.7 Å². The summed E-state index contributed by atoms with van der Waals surface area (Å²) in [6, 6.07) is 6.06. The standard InChI is InChI=1S/C16H21NO2/c1-4-10-17(11-5-2)15-8-6-14(13(3)12-15)7-9-16(18)19/h4,6-9,12H,1,5,10-11H2,2-3H3,(H,18,19)/b9-7+. The first kappa shape index (κ1) is 15.0. The van der Waals surface area contributed by atoms with Crippen molar-refractivity contribution in [2.24, 2.45) is 0 Å². The Morgan fingerprint density at radius 1 is 1.47 bits per heavy atom. The minimum Gasteiger partial charge on any atom is -0.478 e. The van der Waals surface area contributed by atoms with Crippen LogP contribution in [0, 0.1) is 6.92 Å². The number of carboxylic acid groups (broad SMARTS) is 1. The van der Waals surface area contributed by atoms with Gasteiger partial charge in [0.2, 0.25) is 0 Å². The highest BCUT2D eigenvalue weighted by Crippen LogP contribution is 2.20. The smallest absolute Gasteiger partial charge is 0.328 e. The number of hydrogen-bond donors (Lipinski definition) is 1. The van der Waals surface area contributed by atoms with Crippen molar-refractivity contribution in [3.63, 3.8) is 0 Å². The zero-order chi connectivity index (χ0) is 14.3. The summed E-state index contributed by atoms with van der Waals surface area (Å²) in [5.74, 6) is -0.928. The maximum absolute atomic E-state index is 10.5. The summed E-state index contributed by atoms with van der Waals surface area (Å²) in [7, 11) is 0. The summed E-state index contributed by atoms with van der Waals surface area (Å²) >= 11 is 0. The molecular weight excluding hydrogens is 238 g/mol. The number of benzene rings is 1. The number of carbonyl (C=O) groups is 1. The molecular formula is C16H21NO2. The molecule has 1 aromatic carbocycles. The summed E-state index contributed by atoms with van der Waals surface area (Å²) in [5, 5.41) is 8.64. The Morgan fingerprint density at radius 2 is 2.21 bits per heavy atom. The highest BCUT2D eigenvalue weighted by Gasteiger charge is 2.05. The van der Waals surface area contributed by atoms with Gasteiger partial charge in [-0.2, -0.15) is 0 Å². The molecule has 102 valence electrons. The van der Waals surface area contributed by atoms with Crippen LogP contribution in [0.25, 0.3) is 6.08 Å². The summed E-state index contributed by atoms with van der Waals surface area (Å²) in [4.78, 5) is 12.8. The van der Waals surface area contributed by atoms with Gasteiger partial charge in [0.1, 0.15) is 0 Å². The Balaban J connectivity index is 2.96. The first-order chi connectivity index (χ1) is 9.08. The lowest BCUT2D eigenvalue weighted by molar-refractivity contribution is -0.131. The molecule has 0 radical (unpaired) electrons. The van der Waals surface area contributed by atoms with Crippen LogP contribution in [0.3, 0.4) is 0 Å². The van der Waals surface area contributed by atoms with Crippen LogP contribution in [0.1, 0.15) is 24.5 Å². The maximum atomic E-state index is 10.5. The Morgan fingerprint density at radius 3 is 2.74 bits per heavy atom. The van der Waals surface area contributed by atoms with Crippen molar-refractivity contribution in [1.82, 2.24) is 0 Å². The zero-order valence-corrected chi connectivity index (χ0v) is 11.6. The van der Waals surface area contributed by atoms with Crippen molar-refractivity contribution < 1.29 is 9.90 Å². The Bertz CT molecular complexity index is 478. The molecule has 0 saturated carbocycles. The second-order valence-corrected chi connectivity index (χ2v) is 4.45. The fraction of sp³-hybridized carbons (Fsp3) is 0.312. The molecule has 3 nitrogen and oxygen atoms in total. The third-order valence-corrected chi connectivity index (χ3v) is 2.87.